The van der Waals surface area contributed by atoms with Crippen LogP contribution in [0.2, 0.25) is 0 Å². The summed E-state index contributed by atoms with van der Waals surface area (Å²) in [5.74, 6) is 0. The summed E-state index contributed by atoms with van der Waals surface area (Å²) in [6.07, 6.45) is 0. The molecule has 0 aromatic rings. The molecule has 0 aliphatic rings. The molecule has 0 aromatic heterocycles. The summed E-state index contributed by atoms with van der Waals surface area (Å²) < 4.78 is 0. The van der Waals surface area contributed by atoms with Crippen molar-refractivity contribution < 1.29 is 0 Å². The zero-order chi connectivity index (χ0) is 7.15. The van der Waals surface area contributed by atoms with Crippen LogP contribution in [0.4, 0.5) is 0 Å². The van der Waals surface area contributed by atoms with E-state index in [1.54, 1.807) is 0 Å². The molecule has 0 aromatic carbocycles. The van der Waals surface area contributed by atoms with Crippen LogP contribution >= 0.6 is 37.2 Å². The summed E-state index contributed by atoms with van der Waals surface area (Å²) in [5, 5.41) is 0. The lowest BCUT2D eigenvalue weighted by atomic mass is 10.2. The molecule has 8 heavy (non-hydrogen) atoms. The molecule has 0 saturated heterocycles. The van der Waals surface area contributed by atoms with Crippen molar-refractivity contribution in [3.8, 4) is 0 Å². The summed E-state index contributed by atoms with van der Waals surface area (Å²) in [7, 11) is 0. The molecule has 2 heteroatoms. The van der Waals surface area contributed by atoms with E-state index >= 15 is 0 Å². The monoisotopic (exact) mass is 336 g/mol. The van der Waals surface area contributed by atoms with Crippen LogP contribution in [-0.4, -0.2) is 0 Å². The molecule has 0 spiro atoms. The van der Waals surface area contributed by atoms with Crippen molar-refractivity contribution >= 4 is 37.2 Å². The first-order chi connectivity index (χ1) is 3.64. The average Bonchev–Trinajstić information content (AvgIpc) is 1.72. The van der Waals surface area contributed by atoms with Crippen LogP contribution in [0, 0.1) is 0 Å². The van der Waals surface area contributed by atoms with Crippen LogP contribution in [0.25, 0.3) is 0 Å². The Morgan fingerprint density at radius 3 is 1.12 bits per heavy atom. The van der Waals surface area contributed by atoms with Gasteiger partial charge in [0.15, 0.2) is 0 Å². The Bertz CT molecular complexity index is 72.5. The van der Waals surface area contributed by atoms with Gasteiger partial charge in [-0.05, 0) is 13.8 Å². The zero-order valence-corrected chi connectivity index (χ0v) is 9.49. The Kier molecular flexibility index (Phi) is 11.6. The largest absolute Gasteiger partial charge is 0.0959 e. The summed E-state index contributed by atoms with van der Waals surface area (Å²) in [6, 6.07) is 0. The number of halogens is 2. The maximum atomic E-state index is 3.66. The quantitative estimate of drug-likeness (QED) is 0.503. The predicted molar refractivity (Wildman–Crippen MR) is 57.7 cm³/mol. The van der Waals surface area contributed by atoms with Gasteiger partial charge in [0.2, 0.25) is 0 Å². The van der Waals surface area contributed by atoms with Gasteiger partial charge in [0.25, 0.3) is 0 Å². The van der Waals surface area contributed by atoms with Gasteiger partial charge in [-0.1, -0.05) is 24.3 Å². The van der Waals surface area contributed by atoms with Crippen LogP contribution in [0.1, 0.15) is 13.8 Å². The minimum atomic E-state index is 1.06. The van der Waals surface area contributed by atoms with E-state index in [-0.39, 0.29) is 0 Å². The molecule has 48 valence electrons. The molecule has 0 rings (SSSR count). The normalized spacial score (nSPS) is 6.50. The van der Waals surface area contributed by atoms with Crippen molar-refractivity contribution in [1.82, 2.24) is 0 Å². The highest BCUT2D eigenvalue weighted by molar-refractivity contribution is 15.0. The van der Waals surface area contributed by atoms with E-state index in [0.717, 1.165) is 11.1 Å². The standard InChI is InChI=1S/C6H10.I2/c1-5(2)6(3)4;1-2/h1,3H2,2,4H3;. The van der Waals surface area contributed by atoms with Gasteiger partial charge in [0.1, 0.15) is 0 Å². The van der Waals surface area contributed by atoms with Crippen molar-refractivity contribution in [2.75, 3.05) is 0 Å². The first kappa shape index (κ1) is 11.7. The fourth-order valence-corrected chi connectivity index (χ4v) is 0. The molecular formula is C6H10I2. The summed E-state index contributed by atoms with van der Waals surface area (Å²) in [6.45, 7) is 11.2. The molecule has 0 N–H and O–H groups in total. The number of rotatable bonds is 1. The van der Waals surface area contributed by atoms with E-state index in [1.165, 1.54) is 0 Å². The van der Waals surface area contributed by atoms with E-state index in [9.17, 15) is 0 Å². The van der Waals surface area contributed by atoms with Crippen molar-refractivity contribution in [2.24, 2.45) is 0 Å². The van der Waals surface area contributed by atoms with Gasteiger partial charge in [-0.15, -0.1) is 0 Å². The molecule has 0 unspecified atom stereocenters. The van der Waals surface area contributed by atoms with E-state index in [2.05, 4.69) is 50.4 Å². The average molecular weight is 336 g/mol. The third-order valence-electron chi connectivity index (χ3n) is 0.729. The van der Waals surface area contributed by atoms with E-state index in [4.69, 9.17) is 0 Å². The lowest BCUT2D eigenvalue weighted by Gasteiger charge is -1.88. The highest BCUT2D eigenvalue weighted by Crippen LogP contribution is 1.98. The molecule has 0 heterocycles. The maximum Gasteiger partial charge on any atom is 0 e. The first-order valence-electron chi connectivity index (χ1n) is 2.10. The summed E-state index contributed by atoms with van der Waals surface area (Å²) >= 11 is 4.24. The molecule has 0 aliphatic heterocycles. The van der Waals surface area contributed by atoms with Gasteiger partial charge in [0, 0.05) is 37.2 Å². The minimum absolute atomic E-state index is 1.06. The van der Waals surface area contributed by atoms with Gasteiger partial charge >= 0.3 is 0 Å². The Morgan fingerprint density at radius 1 is 1.00 bits per heavy atom. The second-order valence-corrected chi connectivity index (χ2v) is 1.56. The van der Waals surface area contributed by atoms with Crippen LogP contribution in [-0.2, 0) is 0 Å². The zero-order valence-electron chi connectivity index (χ0n) is 5.17. The SMILES string of the molecule is C=C(C)C(=C)C.II. The fourth-order valence-electron chi connectivity index (χ4n) is 0. The highest BCUT2D eigenvalue weighted by Gasteiger charge is 1.77. The minimum Gasteiger partial charge on any atom is -0.0959 e. The molecule has 0 aliphatic carbocycles. The molecule has 0 radical (unpaired) electrons. The van der Waals surface area contributed by atoms with Crippen LogP contribution in [0.5, 0.6) is 0 Å². The van der Waals surface area contributed by atoms with Gasteiger partial charge < -0.3 is 0 Å². The lowest BCUT2D eigenvalue weighted by molar-refractivity contribution is 1.39. The lowest BCUT2D eigenvalue weighted by Crippen LogP contribution is -1.67. The van der Waals surface area contributed by atoms with Gasteiger partial charge in [-0.2, -0.15) is 0 Å². The Morgan fingerprint density at radius 2 is 1.12 bits per heavy atom. The van der Waals surface area contributed by atoms with Crippen LogP contribution < -0.4 is 0 Å². The third-order valence-corrected chi connectivity index (χ3v) is 0.729. The Hall–Kier alpha value is 0.940. The number of hydrogen-bond acceptors (Lipinski definition) is 0. The first-order valence-corrected chi connectivity index (χ1v) is 8.39. The second-order valence-electron chi connectivity index (χ2n) is 1.56. The molecule has 0 saturated carbocycles. The molecule has 0 bridgehead atoms. The van der Waals surface area contributed by atoms with E-state index in [1.807, 2.05) is 13.8 Å². The third kappa shape index (κ3) is 10.0. The molecule has 0 amide bonds. The predicted octanol–water partition coefficient (Wildman–Crippen LogP) is 3.91. The van der Waals surface area contributed by atoms with Crippen molar-refractivity contribution in [1.29, 1.82) is 0 Å². The highest BCUT2D eigenvalue weighted by atomic mass is 128. The number of allylic oxidation sites excluding steroid dienone is 2. The second kappa shape index (κ2) is 7.94. The topological polar surface area (TPSA) is 0 Å². The molecule has 0 nitrogen and oxygen atoms in total. The number of hydrogen-bond donors (Lipinski definition) is 0. The Labute approximate surface area is 74.8 Å². The van der Waals surface area contributed by atoms with Gasteiger partial charge in [-0.25, -0.2) is 0 Å². The maximum absolute atomic E-state index is 3.66. The van der Waals surface area contributed by atoms with E-state index < -0.39 is 0 Å². The van der Waals surface area contributed by atoms with E-state index in [0.29, 0.717) is 0 Å². The molecule has 0 fully saturated rings. The molecular weight excluding hydrogens is 326 g/mol. The van der Waals surface area contributed by atoms with Gasteiger partial charge in [0.05, 0.1) is 0 Å². The molecule has 0 atom stereocenters. The summed E-state index contributed by atoms with van der Waals surface area (Å²) in [5.41, 5.74) is 2.13. The van der Waals surface area contributed by atoms with Crippen molar-refractivity contribution in [3.63, 3.8) is 0 Å². The van der Waals surface area contributed by atoms with Gasteiger partial charge in [-0.3, -0.25) is 0 Å². The Balaban J connectivity index is 0. The van der Waals surface area contributed by atoms with Crippen molar-refractivity contribution in [2.45, 2.75) is 13.8 Å². The van der Waals surface area contributed by atoms with Crippen LogP contribution in [0.15, 0.2) is 24.3 Å². The van der Waals surface area contributed by atoms with Crippen LogP contribution in [0.3, 0.4) is 0 Å². The smallest absolute Gasteiger partial charge is 0 e. The van der Waals surface area contributed by atoms with Crippen molar-refractivity contribution in [3.05, 3.63) is 24.3 Å². The fraction of sp³-hybridized carbons (Fsp3) is 0.333. The summed E-state index contributed by atoms with van der Waals surface area (Å²) in [4.78, 5) is 0.